The molecule has 1 heterocycles. The number of aliphatic hydroxyl groups excluding tert-OH is 4. The van der Waals surface area contributed by atoms with Crippen molar-refractivity contribution in [2.75, 3.05) is 66.0 Å². The van der Waals surface area contributed by atoms with E-state index in [1.807, 2.05) is 0 Å². The maximum atomic E-state index is 10.4. The van der Waals surface area contributed by atoms with Crippen LogP contribution >= 0.6 is 0 Å². The molecular formula is C20H39NO11. The van der Waals surface area contributed by atoms with E-state index in [2.05, 4.69) is 0 Å². The van der Waals surface area contributed by atoms with Gasteiger partial charge >= 0.3 is 0 Å². The predicted octanol–water partition coefficient (Wildman–Crippen LogP) is -0.991. The van der Waals surface area contributed by atoms with Gasteiger partial charge in [0.2, 0.25) is 0 Å². The summed E-state index contributed by atoms with van der Waals surface area (Å²) in [6.07, 6.45) is -4.22. The molecule has 1 rings (SSSR count). The third kappa shape index (κ3) is 11.7. The van der Waals surface area contributed by atoms with Crippen LogP contribution in [-0.2, 0) is 33.2 Å². The largest absolute Gasteiger partial charge is 0.509 e. The van der Waals surface area contributed by atoms with Gasteiger partial charge in [-0.3, -0.25) is 0 Å². The Balaban J connectivity index is 2.25. The van der Waals surface area contributed by atoms with Crippen LogP contribution in [0.5, 0.6) is 0 Å². The Hall–Kier alpha value is -1.06. The van der Waals surface area contributed by atoms with Gasteiger partial charge in [0.1, 0.15) is 24.6 Å². The van der Waals surface area contributed by atoms with E-state index >= 15 is 0 Å². The second kappa shape index (κ2) is 17.4. The molecular weight excluding hydrogens is 430 g/mol. The molecule has 12 heteroatoms. The van der Waals surface area contributed by atoms with Gasteiger partial charge in [0.25, 0.3) is 0 Å². The van der Waals surface area contributed by atoms with Crippen molar-refractivity contribution in [3.8, 4) is 0 Å². The zero-order valence-corrected chi connectivity index (χ0v) is 18.9. The first-order valence-corrected chi connectivity index (χ1v) is 10.7. The molecule has 5 atom stereocenters. The standard InChI is InChI=1S/C20H39NO11/c1-14(24)17(12-22)30-15(2)31-20-16(25)11-19(32-18(20)13-23)29-10-9-28-8-7-27-6-5-26-4-3-21/h15-16,18-20,22-25H,3-13,21H2,1-2H3/b17-14-. The molecule has 0 aromatic heterocycles. The Bertz CT molecular complexity index is 504. The minimum Gasteiger partial charge on any atom is -0.509 e. The molecule has 0 aromatic rings. The Morgan fingerprint density at radius 2 is 1.62 bits per heavy atom. The van der Waals surface area contributed by atoms with Crippen LogP contribution in [0, 0.1) is 0 Å². The summed E-state index contributed by atoms with van der Waals surface area (Å²) in [7, 11) is 0. The van der Waals surface area contributed by atoms with E-state index in [9.17, 15) is 20.4 Å². The third-order valence-corrected chi connectivity index (χ3v) is 4.43. The van der Waals surface area contributed by atoms with Crippen LogP contribution in [0.4, 0.5) is 0 Å². The quantitative estimate of drug-likeness (QED) is 0.0944. The van der Waals surface area contributed by atoms with Crippen LogP contribution in [0.3, 0.4) is 0 Å². The van der Waals surface area contributed by atoms with Crippen molar-refractivity contribution in [3.63, 3.8) is 0 Å². The van der Waals surface area contributed by atoms with Crippen molar-refractivity contribution in [1.82, 2.24) is 0 Å². The Labute approximate surface area is 188 Å². The lowest BCUT2D eigenvalue weighted by Crippen LogP contribution is -2.53. The van der Waals surface area contributed by atoms with E-state index in [0.29, 0.717) is 46.2 Å². The molecule has 190 valence electrons. The second-order valence-corrected chi connectivity index (χ2v) is 7.04. The number of hydrogen-bond donors (Lipinski definition) is 5. The molecule has 1 saturated heterocycles. The summed E-state index contributed by atoms with van der Waals surface area (Å²) < 4.78 is 38.1. The van der Waals surface area contributed by atoms with Crippen molar-refractivity contribution in [1.29, 1.82) is 0 Å². The number of ether oxygens (including phenoxy) is 7. The topological polar surface area (TPSA) is 172 Å². The van der Waals surface area contributed by atoms with E-state index < -0.39 is 44.1 Å². The number of aliphatic hydroxyl groups is 4. The zero-order valence-electron chi connectivity index (χ0n) is 18.9. The van der Waals surface area contributed by atoms with E-state index in [-0.39, 0.29) is 24.5 Å². The molecule has 12 nitrogen and oxygen atoms in total. The zero-order chi connectivity index (χ0) is 23.8. The highest BCUT2D eigenvalue weighted by molar-refractivity contribution is 4.97. The van der Waals surface area contributed by atoms with Crippen LogP contribution < -0.4 is 5.73 Å². The molecule has 0 amide bonds. The molecule has 1 aliphatic heterocycles. The molecule has 6 N–H and O–H groups in total. The average Bonchev–Trinajstić information content (AvgIpc) is 2.77. The molecule has 0 radical (unpaired) electrons. The van der Waals surface area contributed by atoms with Crippen LogP contribution in [0.1, 0.15) is 20.3 Å². The summed E-state index contributed by atoms with van der Waals surface area (Å²) in [6, 6.07) is 0. The summed E-state index contributed by atoms with van der Waals surface area (Å²) in [4.78, 5) is 0. The molecule has 0 saturated carbocycles. The van der Waals surface area contributed by atoms with Crippen LogP contribution in [0.15, 0.2) is 11.5 Å². The van der Waals surface area contributed by atoms with Crippen molar-refractivity contribution in [2.45, 2.75) is 51.2 Å². The summed E-state index contributed by atoms with van der Waals surface area (Å²) in [5.74, 6) is -0.225. The van der Waals surface area contributed by atoms with Gasteiger partial charge in [-0.15, -0.1) is 0 Å². The minimum absolute atomic E-state index is 0.0456. The van der Waals surface area contributed by atoms with Crippen LogP contribution in [-0.4, -0.2) is 117 Å². The SMILES string of the molecule is C/C(O)=C(\CO)OC(C)OC1C(O)CC(OCCOCCOCCOCCN)OC1CO. The number of allylic oxidation sites excluding steroid dienone is 1. The van der Waals surface area contributed by atoms with E-state index in [0.717, 1.165) is 0 Å². The van der Waals surface area contributed by atoms with Gasteiger partial charge in [-0.1, -0.05) is 0 Å². The number of rotatable bonds is 18. The molecule has 1 aliphatic rings. The van der Waals surface area contributed by atoms with Crippen molar-refractivity contribution in [2.24, 2.45) is 5.73 Å². The molecule has 5 unspecified atom stereocenters. The fraction of sp³-hybridized carbons (Fsp3) is 0.900. The lowest BCUT2D eigenvalue weighted by Gasteiger charge is -2.39. The third-order valence-electron chi connectivity index (χ3n) is 4.43. The summed E-state index contributed by atoms with van der Waals surface area (Å²) in [5, 5.41) is 38.7. The van der Waals surface area contributed by atoms with Gasteiger partial charge in [-0.2, -0.15) is 0 Å². The average molecular weight is 470 g/mol. The van der Waals surface area contributed by atoms with Crippen molar-refractivity contribution < 1.29 is 53.6 Å². The van der Waals surface area contributed by atoms with Gasteiger partial charge in [-0.25, -0.2) is 0 Å². The van der Waals surface area contributed by atoms with Gasteiger partial charge < -0.3 is 59.3 Å². The maximum absolute atomic E-state index is 10.4. The van der Waals surface area contributed by atoms with Gasteiger partial charge in [0.15, 0.2) is 18.3 Å². The molecule has 0 spiro atoms. The lowest BCUT2D eigenvalue weighted by atomic mass is 10.0. The fourth-order valence-electron chi connectivity index (χ4n) is 2.89. The van der Waals surface area contributed by atoms with E-state index in [1.54, 1.807) is 0 Å². The number of hydrogen-bond acceptors (Lipinski definition) is 12. The minimum atomic E-state index is -0.982. The predicted molar refractivity (Wildman–Crippen MR) is 112 cm³/mol. The van der Waals surface area contributed by atoms with E-state index in [1.165, 1.54) is 13.8 Å². The van der Waals surface area contributed by atoms with Gasteiger partial charge in [0.05, 0.1) is 59.0 Å². The first-order valence-electron chi connectivity index (χ1n) is 10.7. The highest BCUT2D eigenvalue weighted by Gasteiger charge is 2.40. The van der Waals surface area contributed by atoms with Gasteiger partial charge in [-0.05, 0) is 13.8 Å². The highest BCUT2D eigenvalue weighted by Crippen LogP contribution is 2.25. The molecule has 0 aromatic carbocycles. The van der Waals surface area contributed by atoms with Crippen LogP contribution in [0.25, 0.3) is 0 Å². The lowest BCUT2D eigenvalue weighted by molar-refractivity contribution is -0.289. The van der Waals surface area contributed by atoms with Gasteiger partial charge in [0, 0.05) is 13.0 Å². The summed E-state index contributed by atoms with van der Waals surface area (Å²) >= 11 is 0. The van der Waals surface area contributed by atoms with Crippen molar-refractivity contribution >= 4 is 0 Å². The fourth-order valence-corrected chi connectivity index (χ4v) is 2.89. The Morgan fingerprint density at radius 3 is 2.16 bits per heavy atom. The smallest absolute Gasteiger partial charge is 0.197 e. The molecule has 1 fully saturated rings. The normalized spacial score (nSPS) is 25.4. The van der Waals surface area contributed by atoms with Crippen molar-refractivity contribution in [3.05, 3.63) is 11.5 Å². The summed E-state index contributed by atoms with van der Waals surface area (Å²) in [5.41, 5.74) is 5.31. The first-order chi connectivity index (χ1) is 15.4. The molecule has 32 heavy (non-hydrogen) atoms. The summed E-state index contributed by atoms with van der Waals surface area (Å²) in [6.45, 7) is 5.34. The molecule has 0 aliphatic carbocycles. The monoisotopic (exact) mass is 469 g/mol. The Kier molecular flexibility index (Phi) is 15.8. The highest BCUT2D eigenvalue weighted by atomic mass is 16.7. The number of nitrogens with two attached hydrogens (primary N) is 1. The second-order valence-electron chi connectivity index (χ2n) is 7.04. The molecule has 0 bridgehead atoms. The van der Waals surface area contributed by atoms with Crippen LogP contribution in [0.2, 0.25) is 0 Å². The van der Waals surface area contributed by atoms with E-state index in [4.69, 9.17) is 38.9 Å². The first kappa shape index (κ1) is 29.0. The maximum Gasteiger partial charge on any atom is 0.197 e. The Morgan fingerprint density at radius 1 is 1.03 bits per heavy atom.